The first-order valence-electron chi connectivity index (χ1n) is 12.6. The molecule has 2 N–H and O–H groups in total. The second-order valence-corrected chi connectivity index (χ2v) is 10.7. The summed E-state index contributed by atoms with van der Waals surface area (Å²) in [4.78, 5) is 33.4. The molecule has 1 fully saturated rings. The summed E-state index contributed by atoms with van der Waals surface area (Å²) >= 11 is 1.70. The van der Waals surface area contributed by atoms with Gasteiger partial charge in [0, 0.05) is 66.1 Å². The van der Waals surface area contributed by atoms with Crippen LogP contribution in [0.4, 0.5) is 17.2 Å². The van der Waals surface area contributed by atoms with Gasteiger partial charge in [0.05, 0.1) is 17.1 Å². The maximum absolute atomic E-state index is 13.5. The normalized spacial score (nSPS) is 17.8. The van der Waals surface area contributed by atoms with Crippen molar-refractivity contribution in [1.29, 1.82) is 0 Å². The number of fused-ring (bicyclic) bond motifs is 4. The number of carbonyl (C=O) groups is 1. The highest BCUT2D eigenvalue weighted by molar-refractivity contribution is 7.19. The minimum Gasteiger partial charge on any atom is -0.368 e. The Kier molecular flexibility index (Phi) is 5.46. The summed E-state index contributed by atoms with van der Waals surface area (Å²) < 4.78 is 0. The fraction of sp³-hybridized carbons (Fsp3) is 0.296. The van der Waals surface area contributed by atoms with Gasteiger partial charge in [-0.25, -0.2) is 9.97 Å². The van der Waals surface area contributed by atoms with E-state index in [4.69, 9.17) is 0 Å². The first kappa shape index (κ1) is 22.2. The third-order valence-corrected chi connectivity index (χ3v) is 8.68. The van der Waals surface area contributed by atoms with Crippen LogP contribution in [0.1, 0.15) is 16.9 Å². The van der Waals surface area contributed by atoms with Crippen LogP contribution < -0.4 is 10.2 Å². The second kappa shape index (κ2) is 9.11. The minimum atomic E-state index is 0.0286. The van der Waals surface area contributed by atoms with E-state index in [2.05, 4.69) is 46.3 Å². The Bertz CT molecular complexity index is 1590. The molecule has 1 atom stereocenters. The Hall–Kier alpha value is -4.05. The van der Waals surface area contributed by atoms with Gasteiger partial charge in [0.2, 0.25) is 5.91 Å². The van der Waals surface area contributed by atoms with E-state index in [1.165, 1.54) is 16.1 Å². The number of hydrogen-bond donors (Lipinski definition) is 2. The van der Waals surface area contributed by atoms with Crippen LogP contribution in [-0.4, -0.2) is 62.1 Å². The molecular formula is C27H26N8OS. The van der Waals surface area contributed by atoms with Crippen LogP contribution in [0.5, 0.6) is 0 Å². The van der Waals surface area contributed by atoms with Crippen molar-refractivity contribution in [2.75, 3.05) is 36.4 Å². The molecule has 0 bridgehead atoms. The molecule has 1 amide bonds. The van der Waals surface area contributed by atoms with Gasteiger partial charge < -0.3 is 15.1 Å². The molecule has 2 aliphatic rings. The van der Waals surface area contributed by atoms with Crippen LogP contribution in [0.3, 0.4) is 0 Å². The molecule has 1 aromatic carbocycles. The molecular weight excluding hydrogens is 484 g/mol. The molecule has 186 valence electrons. The molecule has 5 aromatic rings. The summed E-state index contributed by atoms with van der Waals surface area (Å²) in [5, 5.41) is 12.7. The van der Waals surface area contributed by atoms with Crippen LogP contribution in [0.2, 0.25) is 0 Å². The number of piperazine rings is 1. The van der Waals surface area contributed by atoms with Crippen molar-refractivity contribution in [3.8, 4) is 0 Å². The number of nitrogens with one attached hydrogen (secondary N) is 2. The van der Waals surface area contributed by atoms with Crippen LogP contribution in [0, 0.1) is 5.92 Å². The predicted octanol–water partition coefficient (Wildman–Crippen LogP) is 4.16. The van der Waals surface area contributed by atoms with E-state index in [0.717, 1.165) is 78.1 Å². The van der Waals surface area contributed by atoms with Crippen molar-refractivity contribution >= 4 is 55.6 Å². The number of benzene rings is 1. The molecule has 0 saturated carbocycles. The van der Waals surface area contributed by atoms with Gasteiger partial charge in [-0.05, 0) is 55.2 Å². The van der Waals surface area contributed by atoms with Gasteiger partial charge >= 0.3 is 0 Å². The molecule has 37 heavy (non-hydrogen) atoms. The van der Waals surface area contributed by atoms with Gasteiger partial charge in [-0.2, -0.15) is 5.10 Å². The number of anilines is 3. The maximum Gasteiger partial charge on any atom is 0.226 e. The summed E-state index contributed by atoms with van der Waals surface area (Å²) in [7, 11) is 0. The minimum absolute atomic E-state index is 0.0286. The number of rotatable bonds is 4. The number of H-pyrrole nitrogens is 1. The van der Waals surface area contributed by atoms with Crippen LogP contribution in [0.15, 0.2) is 55.2 Å². The number of carbonyl (C=O) groups excluding carboxylic acids is 1. The smallest absolute Gasteiger partial charge is 0.226 e. The Morgan fingerprint density at radius 2 is 1.95 bits per heavy atom. The number of aryl methyl sites for hydroxylation is 1. The highest BCUT2D eigenvalue weighted by Gasteiger charge is 2.33. The monoisotopic (exact) mass is 510 g/mol. The number of aromatic nitrogens is 5. The van der Waals surface area contributed by atoms with Crippen molar-refractivity contribution in [3.05, 3.63) is 65.7 Å². The number of nitrogens with zero attached hydrogens (tertiary/aromatic N) is 6. The summed E-state index contributed by atoms with van der Waals surface area (Å²) in [6.45, 7) is 3.23. The lowest BCUT2D eigenvalue weighted by Gasteiger charge is -2.38. The van der Waals surface area contributed by atoms with E-state index in [1.807, 2.05) is 42.9 Å². The zero-order chi connectivity index (χ0) is 24.8. The molecule has 7 rings (SSSR count). The number of amides is 1. The molecule has 1 saturated heterocycles. The fourth-order valence-corrected chi connectivity index (χ4v) is 6.84. The summed E-state index contributed by atoms with van der Waals surface area (Å²) in [5.41, 5.74) is 4.42. The van der Waals surface area contributed by atoms with E-state index < -0.39 is 0 Å². The number of hydrogen-bond acceptors (Lipinski definition) is 8. The van der Waals surface area contributed by atoms with E-state index in [-0.39, 0.29) is 11.8 Å². The topological polar surface area (TPSA) is 103 Å². The number of aromatic amines is 1. The third-order valence-electron chi connectivity index (χ3n) is 7.52. The lowest BCUT2D eigenvalue weighted by Crippen LogP contribution is -2.51. The first-order chi connectivity index (χ1) is 18.2. The average molecular weight is 511 g/mol. The Balaban J connectivity index is 1.08. The van der Waals surface area contributed by atoms with Crippen molar-refractivity contribution < 1.29 is 4.79 Å². The molecule has 1 aliphatic heterocycles. The zero-order valence-corrected chi connectivity index (χ0v) is 21.0. The Morgan fingerprint density at radius 3 is 2.81 bits per heavy atom. The standard InChI is InChI=1S/C27H26N8OS/c36-27(35-11-9-34(10-12-35)20-5-7-28-8-6-20)17-1-3-21-23(14-17)37-26-24(21)25(29-16-30-26)32-19-2-4-22-18(13-19)15-31-33-22/h2,4-8,13,15-17H,1,3,9-12,14H2,(H,31,33)(H,29,30,32)/t17-/m0/s1. The van der Waals surface area contributed by atoms with Gasteiger partial charge in [-0.15, -0.1) is 11.3 Å². The molecule has 10 heteroatoms. The fourth-order valence-electron chi connectivity index (χ4n) is 5.57. The van der Waals surface area contributed by atoms with Crippen molar-refractivity contribution in [2.24, 2.45) is 5.92 Å². The lowest BCUT2D eigenvalue weighted by atomic mass is 9.86. The summed E-state index contributed by atoms with van der Waals surface area (Å²) in [6, 6.07) is 10.2. The molecule has 4 aromatic heterocycles. The predicted molar refractivity (Wildman–Crippen MR) is 145 cm³/mol. The van der Waals surface area contributed by atoms with Crippen LogP contribution in [0.25, 0.3) is 21.1 Å². The van der Waals surface area contributed by atoms with E-state index in [9.17, 15) is 4.79 Å². The SMILES string of the molecule is O=C([C@H]1CCc2c(sc3ncnc(Nc4ccc5[nH]ncc5c4)c23)C1)N1CCN(c2ccncc2)CC1. The van der Waals surface area contributed by atoms with Crippen molar-refractivity contribution in [3.63, 3.8) is 0 Å². The van der Waals surface area contributed by atoms with Gasteiger partial charge in [0.15, 0.2) is 0 Å². The van der Waals surface area contributed by atoms with Crippen molar-refractivity contribution in [2.45, 2.75) is 19.3 Å². The highest BCUT2D eigenvalue weighted by atomic mass is 32.1. The Morgan fingerprint density at radius 1 is 1.08 bits per heavy atom. The molecule has 0 unspecified atom stereocenters. The van der Waals surface area contributed by atoms with Gasteiger partial charge in [0.1, 0.15) is 17.0 Å². The van der Waals surface area contributed by atoms with Crippen molar-refractivity contribution in [1.82, 2.24) is 30.0 Å². The molecule has 0 radical (unpaired) electrons. The molecule has 5 heterocycles. The number of pyridine rings is 1. The average Bonchev–Trinajstić information content (AvgIpc) is 3.57. The van der Waals surface area contributed by atoms with Crippen LogP contribution >= 0.6 is 11.3 Å². The Labute approximate surface area is 217 Å². The van der Waals surface area contributed by atoms with E-state index in [0.29, 0.717) is 0 Å². The largest absolute Gasteiger partial charge is 0.368 e. The highest BCUT2D eigenvalue weighted by Crippen LogP contribution is 2.41. The lowest BCUT2D eigenvalue weighted by molar-refractivity contribution is -0.136. The molecule has 9 nitrogen and oxygen atoms in total. The number of thiophene rings is 1. The molecule has 1 aliphatic carbocycles. The maximum atomic E-state index is 13.5. The molecule has 0 spiro atoms. The summed E-state index contributed by atoms with van der Waals surface area (Å²) in [6.07, 6.45) is 9.58. The van der Waals surface area contributed by atoms with Crippen LogP contribution in [-0.2, 0) is 17.6 Å². The van der Waals surface area contributed by atoms with E-state index >= 15 is 0 Å². The first-order valence-corrected chi connectivity index (χ1v) is 13.4. The third kappa shape index (κ3) is 4.07. The van der Waals surface area contributed by atoms with Gasteiger partial charge in [0.25, 0.3) is 0 Å². The van der Waals surface area contributed by atoms with Gasteiger partial charge in [-0.1, -0.05) is 0 Å². The van der Waals surface area contributed by atoms with Gasteiger partial charge in [-0.3, -0.25) is 14.9 Å². The summed E-state index contributed by atoms with van der Waals surface area (Å²) in [5.74, 6) is 1.14. The zero-order valence-electron chi connectivity index (χ0n) is 20.2. The van der Waals surface area contributed by atoms with E-state index in [1.54, 1.807) is 17.7 Å². The second-order valence-electron chi connectivity index (χ2n) is 9.66. The quantitative estimate of drug-likeness (QED) is 0.374.